The topological polar surface area (TPSA) is 81.5 Å². The number of nitrogens with one attached hydrogen (secondary N) is 1. The number of amidine groups is 1. The van der Waals surface area contributed by atoms with E-state index in [1.54, 1.807) is 18.5 Å². The van der Waals surface area contributed by atoms with Crippen molar-refractivity contribution < 1.29 is 17.9 Å². The smallest absolute Gasteiger partial charge is 0.377 e. The van der Waals surface area contributed by atoms with E-state index < -0.39 is 12.2 Å². The van der Waals surface area contributed by atoms with Gasteiger partial charge in [0.2, 0.25) is 0 Å². The number of rotatable bonds is 5. The Kier molecular flexibility index (Phi) is 6.00. The van der Waals surface area contributed by atoms with Crippen molar-refractivity contribution in [2.24, 2.45) is 15.1 Å². The number of aromatic amines is 1. The molecule has 0 bridgehead atoms. The number of fused-ring (bicyclic) bond motifs is 1. The molecule has 0 saturated carbocycles. The van der Waals surface area contributed by atoms with Crippen molar-refractivity contribution in [3.05, 3.63) is 41.5 Å². The van der Waals surface area contributed by atoms with Crippen LogP contribution in [0.15, 0.2) is 51.0 Å². The van der Waals surface area contributed by atoms with Crippen LogP contribution in [0.25, 0.3) is 11.0 Å². The van der Waals surface area contributed by atoms with Crippen LogP contribution >= 0.6 is 0 Å². The largest absolute Gasteiger partial charge is 0.410 e. The molecule has 2 aliphatic heterocycles. The van der Waals surface area contributed by atoms with Gasteiger partial charge >= 0.3 is 6.18 Å². The Bertz CT molecular complexity index is 1090. The predicted octanol–water partition coefficient (Wildman–Crippen LogP) is 3.35. The second-order valence-corrected chi connectivity index (χ2v) is 7.67. The number of nitrogens with zero attached hydrogens (tertiary/aromatic N) is 6. The van der Waals surface area contributed by atoms with Gasteiger partial charge in [-0.2, -0.15) is 18.3 Å². The number of H-pyrrole nitrogens is 1. The molecule has 2 aliphatic rings. The molecule has 2 unspecified atom stereocenters. The highest BCUT2D eigenvalue weighted by molar-refractivity contribution is 6.18. The molecular weight excluding hydrogens is 423 g/mol. The second kappa shape index (κ2) is 8.73. The van der Waals surface area contributed by atoms with E-state index in [2.05, 4.69) is 31.8 Å². The molecule has 32 heavy (non-hydrogen) atoms. The minimum absolute atomic E-state index is 0.0137. The molecule has 1 saturated heterocycles. The van der Waals surface area contributed by atoms with Crippen molar-refractivity contribution in [1.29, 1.82) is 0 Å². The average molecular weight is 447 g/mol. The van der Waals surface area contributed by atoms with Crippen LogP contribution in [-0.2, 0) is 11.3 Å². The van der Waals surface area contributed by atoms with Crippen LogP contribution in [0.4, 0.5) is 13.2 Å². The Hall–Kier alpha value is -3.21. The van der Waals surface area contributed by atoms with E-state index >= 15 is 0 Å². The fourth-order valence-corrected chi connectivity index (χ4v) is 3.78. The number of hydrazone groups is 1. The molecule has 2 atom stereocenters. The van der Waals surface area contributed by atoms with Crippen LogP contribution in [0.2, 0.25) is 0 Å². The zero-order valence-corrected chi connectivity index (χ0v) is 17.8. The van der Waals surface area contributed by atoms with Crippen molar-refractivity contribution in [2.75, 3.05) is 19.8 Å². The molecule has 4 heterocycles. The zero-order valence-electron chi connectivity index (χ0n) is 17.8. The number of hydrogen-bond donors (Lipinski definition) is 1. The monoisotopic (exact) mass is 447 g/mol. The highest BCUT2D eigenvalue weighted by Gasteiger charge is 2.44. The number of aliphatic imine (C=N–C) groups is 2. The highest BCUT2D eigenvalue weighted by Crippen LogP contribution is 2.31. The fourth-order valence-electron chi connectivity index (χ4n) is 3.78. The number of alkyl halides is 3. The molecule has 2 aromatic heterocycles. The summed E-state index contributed by atoms with van der Waals surface area (Å²) in [4.78, 5) is 18.0. The van der Waals surface area contributed by atoms with Gasteiger partial charge < -0.3 is 14.6 Å². The summed E-state index contributed by atoms with van der Waals surface area (Å²) in [5, 5.41) is 5.82. The van der Waals surface area contributed by atoms with Gasteiger partial charge in [-0.3, -0.25) is 4.99 Å². The molecule has 0 amide bonds. The summed E-state index contributed by atoms with van der Waals surface area (Å²) in [5.41, 5.74) is 1.93. The third-order valence-corrected chi connectivity index (χ3v) is 5.59. The Morgan fingerprint density at radius 3 is 2.94 bits per heavy atom. The Morgan fingerprint density at radius 2 is 2.22 bits per heavy atom. The lowest BCUT2D eigenvalue weighted by molar-refractivity contribution is -0.168. The number of ether oxygens (including phenoxy) is 1. The van der Waals surface area contributed by atoms with Crippen LogP contribution in [-0.4, -0.2) is 76.7 Å². The molecule has 11 heteroatoms. The summed E-state index contributed by atoms with van der Waals surface area (Å²) < 4.78 is 46.2. The van der Waals surface area contributed by atoms with Gasteiger partial charge in [0, 0.05) is 24.3 Å². The molecule has 0 aliphatic carbocycles. The average Bonchev–Trinajstić information content (AvgIpc) is 3.40. The maximum Gasteiger partial charge on any atom is 0.410 e. The van der Waals surface area contributed by atoms with Crippen LogP contribution in [0.5, 0.6) is 0 Å². The molecule has 0 aromatic carbocycles. The third-order valence-electron chi connectivity index (χ3n) is 5.59. The standard InChI is InChI=1S/C21H24F3N7O/c1-13-12-32-9-8-30(13)19(25-3)17-11-29-31(14(2)21(22,23)24)20(17)28-10-15-4-6-26-18-16(15)5-7-27-18/h4-7,11,13-14H,3,8-10,12H2,1-2H3,(H,26,27)/b19-17+,28-20?. The molecule has 1 N–H and O–H groups in total. The summed E-state index contributed by atoms with van der Waals surface area (Å²) >= 11 is 0. The summed E-state index contributed by atoms with van der Waals surface area (Å²) in [6.45, 7) is 8.36. The predicted molar refractivity (Wildman–Crippen MR) is 117 cm³/mol. The van der Waals surface area contributed by atoms with Gasteiger partial charge in [0.25, 0.3) is 0 Å². The lowest BCUT2D eigenvalue weighted by atomic mass is 10.1. The van der Waals surface area contributed by atoms with Crippen molar-refractivity contribution in [3.8, 4) is 0 Å². The summed E-state index contributed by atoms with van der Waals surface area (Å²) in [5.74, 6) is 0.554. The lowest BCUT2D eigenvalue weighted by Crippen LogP contribution is -2.45. The first kappa shape index (κ1) is 22.0. The first-order chi connectivity index (χ1) is 15.3. The molecule has 1 fully saturated rings. The molecule has 8 nitrogen and oxygen atoms in total. The zero-order chi connectivity index (χ0) is 22.9. The van der Waals surface area contributed by atoms with E-state index in [4.69, 9.17) is 4.74 Å². The first-order valence-corrected chi connectivity index (χ1v) is 10.2. The van der Waals surface area contributed by atoms with Crippen molar-refractivity contribution in [1.82, 2.24) is 19.9 Å². The van der Waals surface area contributed by atoms with Crippen LogP contribution in [0.1, 0.15) is 19.4 Å². The van der Waals surface area contributed by atoms with Crippen LogP contribution in [0.3, 0.4) is 0 Å². The van der Waals surface area contributed by atoms with Gasteiger partial charge in [-0.05, 0) is 38.3 Å². The van der Waals surface area contributed by atoms with E-state index in [1.165, 1.54) is 6.21 Å². The lowest BCUT2D eigenvalue weighted by Gasteiger charge is -2.35. The quantitative estimate of drug-likeness (QED) is 0.713. The van der Waals surface area contributed by atoms with E-state index in [0.717, 1.165) is 22.9 Å². The van der Waals surface area contributed by atoms with E-state index in [9.17, 15) is 13.2 Å². The highest BCUT2D eigenvalue weighted by atomic mass is 19.4. The minimum atomic E-state index is -4.48. The number of pyridine rings is 1. The van der Waals surface area contributed by atoms with Gasteiger partial charge in [-0.1, -0.05) is 0 Å². The molecule has 0 radical (unpaired) electrons. The summed E-state index contributed by atoms with van der Waals surface area (Å²) in [6.07, 6.45) is 0.298. The minimum Gasteiger partial charge on any atom is -0.377 e. The van der Waals surface area contributed by atoms with E-state index in [0.29, 0.717) is 36.8 Å². The first-order valence-electron chi connectivity index (χ1n) is 10.2. The Balaban J connectivity index is 1.77. The molecule has 2 aromatic rings. The van der Waals surface area contributed by atoms with Gasteiger partial charge in [-0.25, -0.2) is 15.0 Å². The fraction of sp³-hybridized carbons (Fsp3) is 0.429. The van der Waals surface area contributed by atoms with Crippen molar-refractivity contribution in [3.63, 3.8) is 0 Å². The molecule has 0 spiro atoms. The van der Waals surface area contributed by atoms with Gasteiger partial charge in [0.1, 0.15) is 17.5 Å². The van der Waals surface area contributed by atoms with E-state index in [1.807, 2.05) is 17.9 Å². The third kappa shape index (κ3) is 4.12. The summed E-state index contributed by atoms with van der Waals surface area (Å²) in [6, 6.07) is 1.79. The number of aromatic nitrogens is 2. The maximum absolute atomic E-state index is 13.6. The molecular formula is C21H24F3N7O. The molecule has 170 valence electrons. The van der Waals surface area contributed by atoms with Gasteiger partial charge in [-0.15, -0.1) is 0 Å². The maximum atomic E-state index is 13.6. The molecule has 4 rings (SSSR count). The van der Waals surface area contributed by atoms with Gasteiger partial charge in [0.15, 0.2) is 5.84 Å². The number of morpholine rings is 1. The van der Waals surface area contributed by atoms with Crippen LogP contribution in [0, 0.1) is 0 Å². The summed E-state index contributed by atoms with van der Waals surface area (Å²) in [7, 11) is 0. The normalized spacial score (nSPS) is 23.3. The van der Waals surface area contributed by atoms with Crippen molar-refractivity contribution in [2.45, 2.75) is 38.7 Å². The Morgan fingerprint density at radius 1 is 1.41 bits per heavy atom. The second-order valence-electron chi connectivity index (χ2n) is 7.67. The number of hydrogen-bond acceptors (Lipinski definition) is 6. The van der Waals surface area contributed by atoms with Gasteiger partial charge in [0.05, 0.1) is 37.6 Å². The van der Waals surface area contributed by atoms with Crippen molar-refractivity contribution >= 4 is 29.8 Å². The van der Waals surface area contributed by atoms with Crippen LogP contribution < -0.4 is 0 Å². The SMILES string of the molecule is C=N/C(=C1/C=NN(C(C)C(F)(F)F)C1=NCc1ccnc2[nH]ccc12)N1CCOCC1C. The number of halogens is 3. The Labute approximate surface area is 183 Å². The van der Waals surface area contributed by atoms with E-state index in [-0.39, 0.29) is 18.4 Å².